The van der Waals surface area contributed by atoms with Crippen molar-refractivity contribution in [3.8, 4) is 0 Å². The number of benzene rings is 2. The van der Waals surface area contributed by atoms with Crippen LogP contribution in [0, 0.1) is 5.82 Å². The summed E-state index contributed by atoms with van der Waals surface area (Å²) in [5.74, 6) is -3.62. The first kappa shape index (κ1) is 17.9. The Morgan fingerprint density at radius 2 is 1.81 bits per heavy atom. The quantitative estimate of drug-likeness (QED) is 0.371. The van der Waals surface area contributed by atoms with E-state index in [2.05, 4.69) is 15.9 Å². The smallest absolute Gasteiger partial charge is 0.376 e. The number of nitrogens with zero attached hydrogens (tertiary/aromatic N) is 1. The number of carbonyl (C=O) groups is 2. The average Bonchev–Trinajstić information content (AvgIpc) is 2.94. The number of aliphatic hydroxyl groups excluding tert-OH is 1. The standard InChI is InChI=1S/C19H13BrFNO4/c20-12-3-6-16-14(7-12)15(17(23)8-18(24)19(25)26)10-22(16)9-11-1-4-13(21)5-2-11/h1-8,10,23H,9H2,(H,25,26)/b17-8-. The van der Waals surface area contributed by atoms with Crippen LogP contribution in [0.2, 0.25) is 0 Å². The lowest BCUT2D eigenvalue weighted by atomic mass is 10.1. The van der Waals surface area contributed by atoms with Gasteiger partial charge in [-0.05, 0) is 35.9 Å². The van der Waals surface area contributed by atoms with Crippen LogP contribution in [-0.4, -0.2) is 26.5 Å². The molecule has 2 N–H and O–H groups in total. The van der Waals surface area contributed by atoms with Crippen LogP contribution in [0.15, 0.2) is 59.2 Å². The molecule has 0 radical (unpaired) electrons. The van der Waals surface area contributed by atoms with Crippen LogP contribution in [0.25, 0.3) is 16.7 Å². The molecule has 26 heavy (non-hydrogen) atoms. The number of hydrogen-bond donors (Lipinski definition) is 2. The van der Waals surface area contributed by atoms with Gasteiger partial charge in [0.2, 0.25) is 0 Å². The van der Waals surface area contributed by atoms with Gasteiger partial charge in [0.25, 0.3) is 5.78 Å². The fourth-order valence-corrected chi connectivity index (χ4v) is 3.02. The van der Waals surface area contributed by atoms with Gasteiger partial charge in [0.15, 0.2) is 0 Å². The molecular weight excluding hydrogens is 405 g/mol. The summed E-state index contributed by atoms with van der Waals surface area (Å²) in [5.41, 5.74) is 1.95. The first-order chi connectivity index (χ1) is 12.3. The van der Waals surface area contributed by atoms with Crippen molar-refractivity contribution in [1.29, 1.82) is 0 Å². The Morgan fingerprint density at radius 1 is 1.12 bits per heavy atom. The first-order valence-electron chi connectivity index (χ1n) is 7.56. The second-order valence-electron chi connectivity index (χ2n) is 5.66. The van der Waals surface area contributed by atoms with Crippen LogP contribution < -0.4 is 0 Å². The molecule has 0 amide bonds. The summed E-state index contributed by atoms with van der Waals surface area (Å²) in [4.78, 5) is 22.1. The second kappa shape index (κ2) is 7.13. The molecule has 5 nitrogen and oxygen atoms in total. The highest BCUT2D eigenvalue weighted by Crippen LogP contribution is 2.29. The lowest BCUT2D eigenvalue weighted by molar-refractivity contribution is -0.146. The largest absolute Gasteiger partial charge is 0.507 e. The van der Waals surface area contributed by atoms with Crippen molar-refractivity contribution in [1.82, 2.24) is 4.57 Å². The van der Waals surface area contributed by atoms with Crippen LogP contribution in [0.4, 0.5) is 4.39 Å². The number of aromatic nitrogens is 1. The van der Waals surface area contributed by atoms with Crippen molar-refractivity contribution in [2.45, 2.75) is 6.54 Å². The molecule has 0 saturated heterocycles. The number of ketones is 1. The van der Waals surface area contributed by atoms with Gasteiger partial charge < -0.3 is 14.8 Å². The predicted molar refractivity (Wildman–Crippen MR) is 98.4 cm³/mol. The van der Waals surface area contributed by atoms with E-state index in [0.29, 0.717) is 23.6 Å². The number of rotatable bonds is 5. The van der Waals surface area contributed by atoms with Gasteiger partial charge in [-0.15, -0.1) is 0 Å². The Morgan fingerprint density at radius 3 is 2.46 bits per heavy atom. The second-order valence-corrected chi connectivity index (χ2v) is 6.57. The Balaban J connectivity index is 2.09. The highest BCUT2D eigenvalue weighted by molar-refractivity contribution is 9.10. The van der Waals surface area contributed by atoms with Crippen LogP contribution in [0.3, 0.4) is 0 Å². The molecule has 0 aliphatic heterocycles. The molecule has 0 aliphatic rings. The van der Waals surface area contributed by atoms with E-state index in [0.717, 1.165) is 15.6 Å². The number of carboxylic acid groups (broad SMARTS) is 1. The monoisotopic (exact) mass is 417 g/mol. The molecule has 1 heterocycles. The summed E-state index contributed by atoms with van der Waals surface area (Å²) in [6.07, 6.45) is 2.31. The number of fused-ring (bicyclic) bond motifs is 1. The molecule has 7 heteroatoms. The minimum Gasteiger partial charge on any atom is -0.507 e. The zero-order valence-corrected chi connectivity index (χ0v) is 14.9. The number of aliphatic hydroxyl groups is 1. The van der Waals surface area contributed by atoms with Crippen molar-refractivity contribution in [2.75, 3.05) is 0 Å². The van der Waals surface area contributed by atoms with Gasteiger partial charge in [-0.1, -0.05) is 28.1 Å². The van der Waals surface area contributed by atoms with Gasteiger partial charge in [-0.2, -0.15) is 0 Å². The Kier molecular flexibility index (Phi) is 4.90. The molecule has 3 rings (SSSR count). The van der Waals surface area contributed by atoms with E-state index in [1.54, 1.807) is 24.4 Å². The Labute approximate surface area is 156 Å². The molecule has 0 aliphatic carbocycles. The third-order valence-electron chi connectivity index (χ3n) is 3.86. The molecular formula is C19H13BrFNO4. The van der Waals surface area contributed by atoms with Crippen LogP contribution >= 0.6 is 15.9 Å². The van der Waals surface area contributed by atoms with Crippen molar-refractivity contribution < 1.29 is 24.2 Å². The molecule has 2 aromatic carbocycles. The molecule has 132 valence electrons. The molecule has 3 aromatic rings. The van der Waals surface area contributed by atoms with Crippen LogP contribution in [0.1, 0.15) is 11.1 Å². The fraction of sp³-hybridized carbons (Fsp3) is 0.0526. The van der Waals surface area contributed by atoms with Crippen molar-refractivity contribution >= 4 is 44.3 Å². The highest BCUT2D eigenvalue weighted by atomic mass is 79.9. The first-order valence-corrected chi connectivity index (χ1v) is 8.35. The SMILES string of the molecule is O=C(O)C(=O)/C=C(\O)c1cn(Cc2ccc(F)cc2)c2ccc(Br)cc12. The van der Waals surface area contributed by atoms with Crippen LogP contribution in [-0.2, 0) is 16.1 Å². The molecule has 0 saturated carbocycles. The number of hydrogen-bond acceptors (Lipinski definition) is 3. The van der Waals surface area contributed by atoms with Gasteiger partial charge in [-0.25, -0.2) is 9.18 Å². The van der Waals surface area contributed by atoms with Gasteiger partial charge in [0.05, 0.1) is 0 Å². The van der Waals surface area contributed by atoms with Crippen molar-refractivity contribution in [3.63, 3.8) is 0 Å². The van der Waals surface area contributed by atoms with Gasteiger partial charge in [-0.3, -0.25) is 4.79 Å². The van der Waals surface area contributed by atoms with Gasteiger partial charge >= 0.3 is 5.97 Å². The number of halogens is 2. The molecule has 0 spiro atoms. The third kappa shape index (κ3) is 3.67. The summed E-state index contributed by atoms with van der Waals surface area (Å²) >= 11 is 3.36. The maximum Gasteiger partial charge on any atom is 0.376 e. The molecule has 0 unspecified atom stereocenters. The van der Waals surface area contributed by atoms with E-state index in [4.69, 9.17) is 5.11 Å². The van der Waals surface area contributed by atoms with Gasteiger partial charge in [0.1, 0.15) is 11.6 Å². The number of carboxylic acids is 1. The summed E-state index contributed by atoms with van der Waals surface area (Å²) in [6, 6.07) is 11.5. The summed E-state index contributed by atoms with van der Waals surface area (Å²) in [5, 5.41) is 19.6. The Hall–Kier alpha value is -2.93. The van der Waals surface area contributed by atoms with E-state index in [1.165, 1.54) is 12.1 Å². The van der Waals surface area contributed by atoms with E-state index < -0.39 is 17.5 Å². The predicted octanol–water partition coefficient (Wildman–Crippen LogP) is 4.14. The van der Waals surface area contributed by atoms with Crippen molar-refractivity contribution in [3.05, 3.63) is 76.2 Å². The summed E-state index contributed by atoms with van der Waals surface area (Å²) in [6.45, 7) is 0.415. The van der Waals surface area contributed by atoms with E-state index in [9.17, 15) is 19.1 Å². The van der Waals surface area contributed by atoms with E-state index in [1.807, 2.05) is 16.7 Å². The number of carbonyl (C=O) groups excluding carboxylic acids is 1. The molecule has 0 bridgehead atoms. The van der Waals surface area contributed by atoms with Gasteiger partial charge in [0, 0.05) is 39.8 Å². The van der Waals surface area contributed by atoms with E-state index >= 15 is 0 Å². The van der Waals surface area contributed by atoms with E-state index in [-0.39, 0.29) is 5.82 Å². The zero-order chi connectivity index (χ0) is 18.8. The highest BCUT2D eigenvalue weighted by Gasteiger charge is 2.16. The normalized spacial score (nSPS) is 11.7. The Bertz CT molecular complexity index is 1040. The zero-order valence-electron chi connectivity index (χ0n) is 13.3. The molecule has 1 aromatic heterocycles. The maximum atomic E-state index is 13.1. The average molecular weight is 418 g/mol. The minimum absolute atomic E-state index is 0.330. The lowest BCUT2D eigenvalue weighted by Gasteiger charge is -2.05. The molecule has 0 fully saturated rings. The van der Waals surface area contributed by atoms with Crippen molar-refractivity contribution in [2.24, 2.45) is 0 Å². The minimum atomic E-state index is -1.65. The third-order valence-corrected chi connectivity index (χ3v) is 4.36. The topological polar surface area (TPSA) is 79.5 Å². The molecule has 0 atom stereocenters. The number of aliphatic carboxylic acids is 1. The lowest BCUT2D eigenvalue weighted by Crippen LogP contribution is -2.09. The maximum absolute atomic E-state index is 13.1. The van der Waals surface area contributed by atoms with Crippen LogP contribution in [0.5, 0.6) is 0 Å². The fourth-order valence-electron chi connectivity index (χ4n) is 2.65. The summed E-state index contributed by atoms with van der Waals surface area (Å²) in [7, 11) is 0. The summed E-state index contributed by atoms with van der Waals surface area (Å²) < 4.78 is 15.7.